The molecule has 0 bridgehead atoms. The normalized spacial score (nSPS) is 10.6. The standard InChI is InChI=1S/C8H4F3N3O2/c9-8(10,11)16-6-2-14-7(13)4(1-12)5(6)3-15/h2-3H,(H2,13,14). The Labute approximate surface area is 87.3 Å². The van der Waals surface area contributed by atoms with E-state index in [1.165, 1.54) is 6.07 Å². The molecule has 16 heavy (non-hydrogen) atoms. The Morgan fingerprint density at radius 1 is 1.56 bits per heavy atom. The van der Waals surface area contributed by atoms with Gasteiger partial charge in [-0.2, -0.15) is 5.26 Å². The Hall–Kier alpha value is -2.30. The van der Waals surface area contributed by atoms with Crippen molar-refractivity contribution in [2.75, 3.05) is 5.73 Å². The monoisotopic (exact) mass is 231 g/mol. The Bertz CT molecular complexity index is 465. The molecule has 0 spiro atoms. The zero-order valence-electron chi connectivity index (χ0n) is 7.58. The number of alkyl halides is 3. The topological polar surface area (TPSA) is 89.0 Å². The van der Waals surface area contributed by atoms with E-state index in [-0.39, 0.29) is 12.1 Å². The van der Waals surface area contributed by atoms with E-state index >= 15 is 0 Å². The summed E-state index contributed by atoms with van der Waals surface area (Å²) in [7, 11) is 0. The van der Waals surface area contributed by atoms with Gasteiger partial charge in [0.15, 0.2) is 12.0 Å². The maximum atomic E-state index is 11.9. The van der Waals surface area contributed by atoms with E-state index in [0.717, 1.165) is 0 Å². The van der Waals surface area contributed by atoms with Gasteiger partial charge in [0.1, 0.15) is 17.5 Å². The van der Waals surface area contributed by atoms with Crippen molar-refractivity contribution in [2.45, 2.75) is 6.36 Å². The summed E-state index contributed by atoms with van der Waals surface area (Å²) < 4.78 is 39.3. The van der Waals surface area contributed by atoms with Gasteiger partial charge in [0.2, 0.25) is 0 Å². The number of nitrogens with zero attached hydrogens (tertiary/aromatic N) is 2. The third-order valence-corrected chi connectivity index (χ3v) is 1.57. The van der Waals surface area contributed by atoms with E-state index in [1.807, 2.05) is 0 Å². The van der Waals surface area contributed by atoms with Crippen molar-refractivity contribution in [3.05, 3.63) is 17.3 Å². The molecule has 0 atom stereocenters. The fraction of sp³-hybridized carbons (Fsp3) is 0.125. The zero-order valence-corrected chi connectivity index (χ0v) is 7.58. The summed E-state index contributed by atoms with van der Waals surface area (Å²) in [5, 5.41) is 8.59. The van der Waals surface area contributed by atoms with Crippen LogP contribution in [0.5, 0.6) is 5.75 Å². The molecule has 1 aromatic rings. The van der Waals surface area contributed by atoms with Gasteiger partial charge in [-0.3, -0.25) is 4.79 Å². The molecule has 0 saturated heterocycles. The summed E-state index contributed by atoms with van der Waals surface area (Å²) in [4.78, 5) is 13.9. The van der Waals surface area contributed by atoms with Crippen LogP contribution < -0.4 is 10.5 Å². The predicted octanol–water partition coefficient (Wildman–Crippen LogP) is 1.25. The van der Waals surface area contributed by atoms with Gasteiger partial charge < -0.3 is 10.5 Å². The minimum atomic E-state index is -4.97. The van der Waals surface area contributed by atoms with Gasteiger partial charge in [-0.05, 0) is 0 Å². The number of hydrogen-bond donors (Lipinski definition) is 1. The van der Waals surface area contributed by atoms with Crippen molar-refractivity contribution in [1.82, 2.24) is 4.98 Å². The van der Waals surface area contributed by atoms with Gasteiger partial charge in [0.05, 0.1) is 11.8 Å². The molecule has 0 aliphatic carbocycles. The highest BCUT2D eigenvalue weighted by Gasteiger charge is 2.33. The molecule has 0 aliphatic heterocycles. The summed E-state index contributed by atoms with van der Waals surface area (Å²) in [6.45, 7) is 0. The maximum absolute atomic E-state index is 11.9. The molecule has 8 heteroatoms. The number of rotatable bonds is 2. The molecule has 1 heterocycles. The zero-order chi connectivity index (χ0) is 12.3. The first-order chi connectivity index (χ1) is 7.39. The number of carbonyl (C=O) groups excluding carboxylic acids is 1. The molecule has 0 unspecified atom stereocenters. The lowest BCUT2D eigenvalue weighted by Crippen LogP contribution is -2.19. The minimum Gasteiger partial charge on any atom is -0.403 e. The first-order valence-corrected chi connectivity index (χ1v) is 3.78. The lowest BCUT2D eigenvalue weighted by Gasteiger charge is -2.11. The number of aldehydes is 1. The minimum absolute atomic E-state index is 0.0532. The molecule has 2 N–H and O–H groups in total. The van der Waals surface area contributed by atoms with Gasteiger partial charge in [-0.25, -0.2) is 4.98 Å². The first-order valence-electron chi connectivity index (χ1n) is 3.78. The number of nitriles is 1. The predicted molar refractivity (Wildman–Crippen MR) is 45.4 cm³/mol. The molecule has 0 radical (unpaired) electrons. The highest BCUT2D eigenvalue weighted by atomic mass is 19.4. The van der Waals surface area contributed by atoms with Crippen molar-refractivity contribution in [3.8, 4) is 11.8 Å². The number of hydrogen-bond acceptors (Lipinski definition) is 5. The fourth-order valence-electron chi connectivity index (χ4n) is 0.964. The van der Waals surface area contributed by atoms with Crippen LogP contribution in [-0.2, 0) is 0 Å². The van der Waals surface area contributed by atoms with Crippen LogP contribution in [0.15, 0.2) is 6.20 Å². The van der Waals surface area contributed by atoms with E-state index in [1.54, 1.807) is 0 Å². The van der Waals surface area contributed by atoms with Crippen LogP contribution in [0.3, 0.4) is 0 Å². The van der Waals surface area contributed by atoms with E-state index < -0.39 is 23.2 Å². The lowest BCUT2D eigenvalue weighted by molar-refractivity contribution is -0.274. The highest BCUT2D eigenvalue weighted by Crippen LogP contribution is 2.28. The van der Waals surface area contributed by atoms with Crippen molar-refractivity contribution < 1.29 is 22.7 Å². The smallest absolute Gasteiger partial charge is 0.403 e. The molecule has 0 amide bonds. The molecule has 84 valence electrons. The van der Waals surface area contributed by atoms with Crippen LogP contribution in [-0.4, -0.2) is 17.6 Å². The number of carbonyl (C=O) groups is 1. The second-order valence-electron chi connectivity index (χ2n) is 2.57. The molecule has 0 aliphatic rings. The Kier molecular flexibility index (Phi) is 2.99. The molecule has 1 aromatic heterocycles. The number of pyridine rings is 1. The maximum Gasteiger partial charge on any atom is 0.573 e. The molecule has 5 nitrogen and oxygen atoms in total. The van der Waals surface area contributed by atoms with Crippen LogP contribution in [0.4, 0.5) is 19.0 Å². The summed E-state index contributed by atoms with van der Waals surface area (Å²) in [5.41, 5.74) is 4.19. The fourth-order valence-corrected chi connectivity index (χ4v) is 0.964. The van der Waals surface area contributed by atoms with Crippen molar-refractivity contribution in [2.24, 2.45) is 0 Å². The third kappa shape index (κ3) is 2.38. The summed E-state index contributed by atoms with van der Waals surface area (Å²) in [6.07, 6.45) is -4.28. The van der Waals surface area contributed by atoms with Gasteiger partial charge in [-0.1, -0.05) is 0 Å². The Morgan fingerprint density at radius 2 is 2.19 bits per heavy atom. The van der Waals surface area contributed by atoms with Gasteiger partial charge in [-0.15, -0.1) is 13.2 Å². The Morgan fingerprint density at radius 3 is 2.62 bits per heavy atom. The molecular formula is C8H4F3N3O2. The van der Waals surface area contributed by atoms with E-state index in [2.05, 4.69) is 9.72 Å². The number of halogens is 3. The van der Waals surface area contributed by atoms with Gasteiger partial charge >= 0.3 is 6.36 Å². The van der Waals surface area contributed by atoms with Crippen LogP contribution in [0.25, 0.3) is 0 Å². The third-order valence-electron chi connectivity index (χ3n) is 1.57. The van der Waals surface area contributed by atoms with E-state index in [9.17, 15) is 18.0 Å². The Balaban J connectivity index is 3.32. The largest absolute Gasteiger partial charge is 0.573 e. The summed E-state index contributed by atoms with van der Waals surface area (Å²) in [6, 6.07) is 1.47. The van der Waals surface area contributed by atoms with Crippen LogP contribution in [0, 0.1) is 11.3 Å². The SMILES string of the molecule is N#Cc1c(N)ncc(OC(F)(F)F)c1C=O. The summed E-state index contributed by atoms with van der Waals surface area (Å²) >= 11 is 0. The van der Waals surface area contributed by atoms with E-state index in [4.69, 9.17) is 11.0 Å². The van der Waals surface area contributed by atoms with Crippen molar-refractivity contribution in [3.63, 3.8) is 0 Å². The van der Waals surface area contributed by atoms with Crippen LogP contribution in [0.2, 0.25) is 0 Å². The van der Waals surface area contributed by atoms with E-state index in [0.29, 0.717) is 6.20 Å². The van der Waals surface area contributed by atoms with Gasteiger partial charge in [0.25, 0.3) is 0 Å². The van der Waals surface area contributed by atoms with Crippen molar-refractivity contribution >= 4 is 12.1 Å². The average molecular weight is 231 g/mol. The lowest BCUT2D eigenvalue weighted by atomic mass is 10.1. The molecular weight excluding hydrogens is 227 g/mol. The highest BCUT2D eigenvalue weighted by molar-refractivity contribution is 5.85. The number of nitrogen functional groups attached to an aromatic ring is 1. The number of aromatic nitrogens is 1. The first kappa shape index (κ1) is 11.8. The average Bonchev–Trinajstić information content (AvgIpc) is 2.18. The number of anilines is 1. The van der Waals surface area contributed by atoms with Crippen LogP contribution >= 0.6 is 0 Å². The quantitative estimate of drug-likeness (QED) is 0.773. The molecule has 0 saturated carbocycles. The van der Waals surface area contributed by atoms with Crippen molar-refractivity contribution in [1.29, 1.82) is 5.26 Å². The van der Waals surface area contributed by atoms with Gasteiger partial charge in [0, 0.05) is 0 Å². The second-order valence-corrected chi connectivity index (χ2v) is 2.57. The number of ether oxygens (including phenoxy) is 1. The molecule has 0 fully saturated rings. The number of nitrogens with two attached hydrogens (primary N) is 1. The summed E-state index contributed by atoms with van der Waals surface area (Å²) in [5.74, 6) is -1.19. The molecule has 1 rings (SSSR count). The van der Waals surface area contributed by atoms with Crippen LogP contribution in [0.1, 0.15) is 15.9 Å². The second kappa shape index (κ2) is 4.06. The molecule has 0 aromatic carbocycles.